The lowest BCUT2D eigenvalue weighted by Gasteiger charge is -2.10. The van der Waals surface area contributed by atoms with Crippen molar-refractivity contribution < 1.29 is 14.4 Å². The highest BCUT2D eigenvalue weighted by Crippen LogP contribution is 2.21. The van der Waals surface area contributed by atoms with Crippen molar-refractivity contribution in [1.29, 1.82) is 0 Å². The average molecular weight is 527 g/mol. The summed E-state index contributed by atoms with van der Waals surface area (Å²) in [7, 11) is 0. The van der Waals surface area contributed by atoms with E-state index in [-0.39, 0.29) is 22.9 Å². The Labute approximate surface area is 225 Å². The molecule has 0 aliphatic heterocycles. The van der Waals surface area contributed by atoms with E-state index in [1.54, 1.807) is 24.3 Å². The zero-order valence-electron chi connectivity index (χ0n) is 21.9. The highest BCUT2D eigenvalue weighted by Gasteiger charge is 2.19. The van der Waals surface area contributed by atoms with E-state index < -0.39 is 0 Å². The highest BCUT2D eigenvalue weighted by molar-refractivity contribution is 6.06. The van der Waals surface area contributed by atoms with Gasteiger partial charge in [0.2, 0.25) is 5.10 Å². The molecule has 3 aromatic carbocycles. The van der Waals surface area contributed by atoms with E-state index in [1.807, 2.05) is 44.2 Å². The van der Waals surface area contributed by atoms with Crippen LogP contribution >= 0.6 is 0 Å². The van der Waals surface area contributed by atoms with Gasteiger partial charge >= 0.3 is 5.95 Å². The molecule has 2 aromatic heterocycles. The molecule has 0 aliphatic rings. The van der Waals surface area contributed by atoms with Gasteiger partial charge in [0.15, 0.2) is 5.52 Å². The van der Waals surface area contributed by atoms with Crippen molar-refractivity contribution in [3.05, 3.63) is 81.7 Å². The van der Waals surface area contributed by atoms with Crippen LogP contribution in [0.2, 0.25) is 0 Å². The first kappa shape index (κ1) is 26.0. The van der Waals surface area contributed by atoms with Gasteiger partial charge in [-0.15, -0.1) is 0 Å². The molecule has 0 unspecified atom stereocenters. The summed E-state index contributed by atoms with van der Waals surface area (Å²) in [6.45, 7) is 6.25. The minimum Gasteiger partial charge on any atom is -0.739 e. The summed E-state index contributed by atoms with van der Waals surface area (Å²) in [5.41, 5.74) is 5.82. The number of nitrogens with one attached hydrogen (secondary N) is 3. The minimum atomic E-state index is -0.174. The van der Waals surface area contributed by atoms with E-state index in [0.717, 1.165) is 41.5 Å². The van der Waals surface area contributed by atoms with Crippen LogP contribution in [0.15, 0.2) is 54.6 Å². The summed E-state index contributed by atoms with van der Waals surface area (Å²) in [6.07, 6.45) is 1.47. The van der Waals surface area contributed by atoms with Crippen molar-refractivity contribution in [2.45, 2.75) is 26.7 Å². The van der Waals surface area contributed by atoms with Gasteiger partial charge in [-0.25, -0.2) is 14.7 Å². The topological polar surface area (TPSA) is 146 Å². The molecule has 5 aromatic rings. The predicted octanol–water partition coefficient (Wildman–Crippen LogP) is 2.43. The van der Waals surface area contributed by atoms with E-state index in [0.29, 0.717) is 45.8 Å². The van der Waals surface area contributed by atoms with Crippen LogP contribution in [-0.4, -0.2) is 47.2 Å². The molecule has 11 heteroatoms. The molecule has 200 valence electrons. The van der Waals surface area contributed by atoms with Gasteiger partial charge in [0.1, 0.15) is 5.52 Å². The molecule has 5 rings (SSSR count). The molecule has 0 aliphatic carbocycles. The van der Waals surface area contributed by atoms with Crippen LogP contribution < -0.4 is 25.5 Å². The molecule has 0 spiro atoms. The molecule has 11 nitrogen and oxygen atoms in total. The third-order valence-electron chi connectivity index (χ3n) is 6.50. The maximum Gasteiger partial charge on any atom is 0.460 e. The summed E-state index contributed by atoms with van der Waals surface area (Å²) in [5, 5.41) is 37.7. The van der Waals surface area contributed by atoms with Crippen LogP contribution in [0.1, 0.15) is 34.3 Å². The Morgan fingerprint density at radius 2 is 1.59 bits per heavy atom. The number of hydrogen-bond acceptors (Lipinski definition) is 8. The van der Waals surface area contributed by atoms with Gasteiger partial charge in [-0.05, 0) is 75.2 Å². The number of aryl methyl sites for hydroxylation is 2. The Bertz CT molecular complexity index is 1670. The molecule has 0 saturated heterocycles. The van der Waals surface area contributed by atoms with Crippen LogP contribution in [0.25, 0.3) is 33.1 Å². The Kier molecular flexibility index (Phi) is 7.60. The van der Waals surface area contributed by atoms with Crippen LogP contribution in [0, 0.1) is 24.3 Å². The fourth-order valence-electron chi connectivity index (χ4n) is 4.45. The van der Waals surface area contributed by atoms with Crippen molar-refractivity contribution in [2.75, 3.05) is 31.5 Å². The second kappa shape index (κ2) is 11.4. The Balaban J connectivity index is 1.06. The zero-order valence-corrected chi connectivity index (χ0v) is 21.9. The number of benzene rings is 3. The monoisotopic (exact) mass is 526 g/mol. The number of fused-ring (bicyclic) bond motifs is 3. The van der Waals surface area contributed by atoms with Gasteiger partial charge in [-0.3, -0.25) is 10.1 Å². The minimum absolute atomic E-state index is 0.0228. The van der Waals surface area contributed by atoms with Crippen molar-refractivity contribution in [3.8, 4) is 0 Å². The largest absolute Gasteiger partial charge is 0.739 e. The lowest BCUT2D eigenvalue weighted by atomic mass is 10.1. The molecular weight excluding hydrogens is 496 g/mol. The summed E-state index contributed by atoms with van der Waals surface area (Å²) in [6, 6.07) is 16.4. The fourth-order valence-corrected chi connectivity index (χ4v) is 4.45. The number of anilines is 1. The highest BCUT2D eigenvalue weighted by atomic mass is 16.5. The Morgan fingerprint density at radius 3 is 2.41 bits per heavy atom. The third-order valence-corrected chi connectivity index (χ3v) is 6.50. The molecular formula is C28H30N8O3. The molecule has 3 N–H and O–H groups in total. The van der Waals surface area contributed by atoms with Crippen molar-refractivity contribution in [2.24, 2.45) is 0 Å². The number of amides is 1. The van der Waals surface area contributed by atoms with E-state index in [4.69, 9.17) is 4.98 Å². The number of carbonyl (C=O) groups excluding carboxylic acids is 1. The smallest absolute Gasteiger partial charge is 0.460 e. The zero-order chi connectivity index (χ0) is 27.4. The number of carbonyl (C=O) groups is 1. The van der Waals surface area contributed by atoms with E-state index in [9.17, 15) is 15.2 Å². The standard InChI is InChI=1S/C28H30N8O3/c1-18-11-12-23-24(17-18)36(39)34-28(35(23)38)31-16-6-14-29-13-5-15-30-27(37)20-8-4-10-22-26(20)33-25-19(2)7-3-9-21(25)32-22/h3-4,7-12,17,29H,5-6,13-16H2,1-2H3,(H,30,37)(H,31,34). The van der Waals surface area contributed by atoms with E-state index in [1.165, 1.54) is 0 Å². The van der Waals surface area contributed by atoms with Crippen molar-refractivity contribution in [1.82, 2.24) is 25.7 Å². The van der Waals surface area contributed by atoms with E-state index >= 15 is 0 Å². The first-order chi connectivity index (χ1) is 18.9. The number of aromatic nitrogens is 5. The van der Waals surface area contributed by atoms with Gasteiger partial charge in [-0.2, -0.15) is 0 Å². The summed E-state index contributed by atoms with van der Waals surface area (Å²) < 4.78 is 0.643. The quantitative estimate of drug-likeness (QED) is 0.109. The number of hydrogen-bond donors (Lipinski definition) is 3. The maximum atomic E-state index is 12.9. The van der Waals surface area contributed by atoms with Gasteiger partial charge in [0, 0.05) is 17.5 Å². The van der Waals surface area contributed by atoms with E-state index in [2.05, 4.69) is 26.0 Å². The third kappa shape index (κ3) is 5.63. The fraction of sp³-hybridized carbons (Fsp3) is 0.286. The average Bonchev–Trinajstić information content (AvgIpc) is 2.93. The Hall–Kier alpha value is -4.64. The normalized spacial score (nSPS) is 11.3. The van der Waals surface area contributed by atoms with Crippen LogP contribution in [0.4, 0.5) is 5.95 Å². The Morgan fingerprint density at radius 1 is 0.846 bits per heavy atom. The van der Waals surface area contributed by atoms with Crippen LogP contribution in [0.3, 0.4) is 0 Å². The second-order valence-electron chi connectivity index (χ2n) is 9.46. The first-order valence-corrected chi connectivity index (χ1v) is 12.9. The summed E-state index contributed by atoms with van der Waals surface area (Å²) >= 11 is 0. The molecule has 2 heterocycles. The number of nitrogens with zero attached hydrogens (tertiary/aromatic N) is 5. The van der Waals surface area contributed by atoms with Gasteiger partial charge < -0.3 is 21.0 Å². The molecule has 0 atom stereocenters. The number of para-hydroxylation sites is 2. The SMILES string of the molecule is Cc1ccc2c(c1)[n+]([O-])nc(NCCCNCCCNC(=O)c1cccc3nc4cccc(C)c4nc13)[n+]2[O-]. The van der Waals surface area contributed by atoms with Crippen molar-refractivity contribution in [3.63, 3.8) is 0 Å². The summed E-state index contributed by atoms with van der Waals surface area (Å²) in [5.74, 6) is -0.197. The molecule has 39 heavy (non-hydrogen) atoms. The van der Waals surface area contributed by atoms with Crippen LogP contribution in [-0.2, 0) is 0 Å². The summed E-state index contributed by atoms with van der Waals surface area (Å²) in [4.78, 5) is 22.8. The molecule has 0 radical (unpaired) electrons. The van der Waals surface area contributed by atoms with Gasteiger partial charge in [-0.1, -0.05) is 24.3 Å². The lowest BCUT2D eigenvalue weighted by molar-refractivity contribution is -0.672. The predicted molar refractivity (Wildman–Crippen MR) is 149 cm³/mol. The van der Waals surface area contributed by atoms with Crippen LogP contribution in [0.5, 0.6) is 0 Å². The maximum absolute atomic E-state index is 12.9. The van der Waals surface area contributed by atoms with Gasteiger partial charge in [0.25, 0.3) is 11.4 Å². The molecule has 0 saturated carbocycles. The molecule has 0 fully saturated rings. The molecule has 0 bridgehead atoms. The first-order valence-electron chi connectivity index (χ1n) is 12.9. The van der Waals surface area contributed by atoms with Gasteiger partial charge in [0.05, 0.1) is 28.7 Å². The lowest BCUT2D eigenvalue weighted by Crippen LogP contribution is -2.44. The molecule has 1 amide bonds. The number of rotatable bonds is 10. The second-order valence-corrected chi connectivity index (χ2v) is 9.46. The van der Waals surface area contributed by atoms with Crippen molar-refractivity contribution >= 4 is 45.0 Å².